The summed E-state index contributed by atoms with van der Waals surface area (Å²) in [5.41, 5.74) is 3.42. The van der Waals surface area contributed by atoms with E-state index in [0.29, 0.717) is 12.2 Å². The van der Waals surface area contributed by atoms with Crippen molar-refractivity contribution >= 4 is 44.0 Å². The summed E-state index contributed by atoms with van der Waals surface area (Å²) in [5.74, 6) is -0.201. The smallest absolute Gasteiger partial charge is 0.338 e. The Morgan fingerprint density at radius 1 is 0.558 bits per heavy atom. The van der Waals surface area contributed by atoms with Crippen LogP contribution in [0.25, 0.3) is 32.3 Å². The van der Waals surface area contributed by atoms with Gasteiger partial charge in [0.05, 0.1) is 12.2 Å². The third kappa shape index (κ3) is 8.28. The fourth-order valence-electron chi connectivity index (χ4n) is 6.49. The zero-order valence-corrected chi connectivity index (χ0v) is 26.4. The summed E-state index contributed by atoms with van der Waals surface area (Å²) in [6.07, 6.45) is 18.0. The van der Waals surface area contributed by atoms with Gasteiger partial charge < -0.3 is 9.64 Å². The average molecular weight is 576 g/mol. The van der Waals surface area contributed by atoms with E-state index in [2.05, 4.69) is 91.8 Å². The van der Waals surface area contributed by atoms with Gasteiger partial charge in [0, 0.05) is 19.8 Å². The summed E-state index contributed by atoms with van der Waals surface area (Å²) in [7, 11) is 4.18. The molecular formula is C40H49NO2. The number of carbonyl (C=O) groups excluding carboxylic acids is 1. The fourth-order valence-corrected chi connectivity index (χ4v) is 6.49. The fraction of sp³-hybridized carbons (Fsp3) is 0.425. The highest BCUT2D eigenvalue weighted by molar-refractivity contribution is 6.25. The van der Waals surface area contributed by atoms with Gasteiger partial charge in [-0.25, -0.2) is 4.79 Å². The molecule has 5 rings (SSSR count). The molecule has 0 fully saturated rings. The number of ether oxygens (including phenoxy) is 1. The highest BCUT2D eigenvalue weighted by atomic mass is 16.5. The van der Waals surface area contributed by atoms with Crippen LogP contribution in [0.2, 0.25) is 0 Å². The SMILES string of the molecule is CN(C)c1ccc(CCCCCCCCCCCCCCCOC(=O)c2ccc3ccc4cccc5ccc2c3c45)cc1. The minimum atomic E-state index is -0.201. The van der Waals surface area contributed by atoms with E-state index >= 15 is 0 Å². The molecule has 0 spiro atoms. The molecule has 3 nitrogen and oxygen atoms in total. The van der Waals surface area contributed by atoms with E-state index in [1.165, 1.54) is 115 Å². The third-order valence-electron chi connectivity index (χ3n) is 9.04. The number of aryl methyl sites for hydroxylation is 1. The Hall–Kier alpha value is -3.59. The Balaban J connectivity index is 0.878. The van der Waals surface area contributed by atoms with Gasteiger partial charge in [0.25, 0.3) is 0 Å². The van der Waals surface area contributed by atoms with E-state index in [1.807, 2.05) is 6.07 Å². The van der Waals surface area contributed by atoms with E-state index in [9.17, 15) is 4.79 Å². The zero-order valence-electron chi connectivity index (χ0n) is 26.4. The predicted molar refractivity (Wildman–Crippen MR) is 185 cm³/mol. The molecule has 0 heterocycles. The van der Waals surface area contributed by atoms with Gasteiger partial charge in [-0.05, 0) is 75.3 Å². The van der Waals surface area contributed by atoms with Crippen molar-refractivity contribution in [3.05, 3.63) is 90.0 Å². The zero-order chi connectivity index (χ0) is 29.9. The first kappa shape index (κ1) is 30.9. The summed E-state index contributed by atoms with van der Waals surface area (Å²) >= 11 is 0. The van der Waals surface area contributed by atoms with E-state index in [4.69, 9.17) is 4.74 Å². The van der Waals surface area contributed by atoms with Crippen LogP contribution in [-0.4, -0.2) is 26.7 Å². The number of rotatable bonds is 18. The van der Waals surface area contributed by atoms with Crippen molar-refractivity contribution in [3.8, 4) is 0 Å². The molecule has 3 heteroatoms. The first-order chi connectivity index (χ1) is 21.1. The molecule has 43 heavy (non-hydrogen) atoms. The molecule has 0 amide bonds. The molecule has 0 bridgehead atoms. The van der Waals surface area contributed by atoms with E-state index < -0.39 is 0 Å². The molecule has 0 atom stereocenters. The first-order valence-corrected chi connectivity index (χ1v) is 16.7. The van der Waals surface area contributed by atoms with Gasteiger partial charge in [-0.2, -0.15) is 0 Å². The Labute approximate surface area is 258 Å². The maximum atomic E-state index is 13.0. The molecule has 5 aromatic rings. The second-order valence-electron chi connectivity index (χ2n) is 12.5. The van der Waals surface area contributed by atoms with Crippen molar-refractivity contribution < 1.29 is 9.53 Å². The van der Waals surface area contributed by atoms with Gasteiger partial charge in [0.1, 0.15) is 0 Å². The molecular weight excluding hydrogens is 526 g/mol. The Bertz CT molecular complexity index is 1550. The number of nitrogens with zero attached hydrogens (tertiary/aromatic N) is 1. The number of hydrogen-bond acceptors (Lipinski definition) is 3. The van der Waals surface area contributed by atoms with Crippen molar-refractivity contribution in [2.24, 2.45) is 0 Å². The Morgan fingerprint density at radius 3 is 1.67 bits per heavy atom. The van der Waals surface area contributed by atoms with Crippen molar-refractivity contribution in [2.45, 2.75) is 89.9 Å². The quantitative estimate of drug-likeness (QED) is 0.0591. The molecule has 0 aliphatic rings. The topological polar surface area (TPSA) is 29.5 Å². The van der Waals surface area contributed by atoms with Crippen LogP contribution < -0.4 is 4.90 Å². The summed E-state index contributed by atoms with van der Waals surface area (Å²) in [6, 6.07) is 27.9. The molecule has 0 saturated carbocycles. The molecule has 0 aliphatic carbocycles. The lowest BCUT2D eigenvalue weighted by atomic mass is 9.92. The molecule has 0 saturated heterocycles. The van der Waals surface area contributed by atoms with Crippen LogP contribution >= 0.6 is 0 Å². The minimum absolute atomic E-state index is 0.201. The van der Waals surface area contributed by atoms with Crippen LogP contribution in [0.1, 0.15) is 99.4 Å². The van der Waals surface area contributed by atoms with Crippen LogP contribution in [0.5, 0.6) is 0 Å². The van der Waals surface area contributed by atoms with Gasteiger partial charge >= 0.3 is 5.97 Å². The Morgan fingerprint density at radius 2 is 1.07 bits per heavy atom. The lowest BCUT2D eigenvalue weighted by Gasteiger charge is -2.13. The van der Waals surface area contributed by atoms with E-state index in [0.717, 1.165) is 18.2 Å². The number of unbranched alkanes of at least 4 members (excludes halogenated alkanes) is 12. The van der Waals surface area contributed by atoms with Gasteiger partial charge in [-0.1, -0.05) is 131 Å². The summed E-state index contributed by atoms with van der Waals surface area (Å²) in [5, 5.41) is 7.00. The highest BCUT2D eigenvalue weighted by Gasteiger charge is 2.16. The molecule has 0 radical (unpaired) electrons. The number of benzene rings is 5. The summed E-state index contributed by atoms with van der Waals surface area (Å²) < 4.78 is 5.72. The minimum Gasteiger partial charge on any atom is -0.462 e. The second kappa shape index (κ2) is 15.8. The van der Waals surface area contributed by atoms with Gasteiger partial charge in [-0.3, -0.25) is 0 Å². The number of anilines is 1. The van der Waals surface area contributed by atoms with Crippen LogP contribution in [-0.2, 0) is 11.2 Å². The average Bonchev–Trinajstić information content (AvgIpc) is 3.03. The molecule has 226 valence electrons. The summed E-state index contributed by atoms with van der Waals surface area (Å²) in [6.45, 7) is 0.504. The normalized spacial score (nSPS) is 11.6. The van der Waals surface area contributed by atoms with Gasteiger partial charge in [-0.15, -0.1) is 0 Å². The van der Waals surface area contributed by atoms with Gasteiger partial charge in [0.2, 0.25) is 0 Å². The van der Waals surface area contributed by atoms with Gasteiger partial charge in [0.15, 0.2) is 0 Å². The molecule has 5 aromatic carbocycles. The second-order valence-corrected chi connectivity index (χ2v) is 12.5. The van der Waals surface area contributed by atoms with E-state index in [-0.39, 0.29) is 5.97 Å². The number of hydrogen-bond donors (Lipinski definition) is 0. The van der Waals surface area contributed by atoms with Crippen LogP contribution in [0.4, 0.5) is 5.69 Å². The van der Waals surface area contributed by atoms with Crippen molar-refractivity contribution in [1.82, 2.24) is 0 Å². The summed E-state index contributed by atoms with van der Waals surface area (Å²) in [4.78, 5) is 15.1. The predicted octanol–water partition coefficient (Wildman–Crippen LogP) is 11.1. The highest BCUT2D eigenvalue weighted by Crippen LogP contribution is 2.36. The number of esters is 1. The molecule has 0 N–H and O–H groups in total. The van der Waals surface area contributed by atoms with Crippen LogP contribution in [0.3, 0.4) is 0 Å². The maximum absolute atomic E-state index is 13.0. The van der Waals surface area contributed by atoms with Crippen molar-refractivity contribution in [3.63, 3.8) is 0 Å². The third-order valence-corrected chi connectivity index (χ3v) is 9.04. The lowest BCUT2D eigenvalue weighted by molar-refractivity contribution is 0.0500. The van der Waals surface area contributed by atoms with Crippen LogP contribution in [0, 0.1) is 0 Å². The van der Waals surface area contributed by atoms with Crippen LogP contribution in [0.15, 0.2) is 78.9 Å². The standard InChI is InChI=1S/C40H49NO2/c1-41(2)35-26-20-31(21-27-35)17-14-12-10-8-6-4-3-5-7-9-11-13-15-30-43-40(42)37-29-25-34-23-22-32-18-16-19-33-24-28-36(37)39(34)38(32)33/h16,18-29H,3-15,17,30H2,1-2H3. The lowest BCUT2D eigenvalue weighted by Crippen LogP contribution is -2.08. The monoisotopic (exact) mass is 575 g/mol. The molecule has 0 aliphatic heterocycles. The van der Waals surface area contributed by atoms with Crippen molar-refractivity contribution in [2.75, 3.05) is 25.6 Å². The Kier molecular flexibility index (Phi) is 11.3. The van der Waals surface area contributed by atoms with Crippen molar-refractivity contribution in [1.29, 1.82) is 0 Å². The maximum Gasteiger partial charge on any atom is 0.338 e. The number of carbonyl (C=O) groups is 1. The first-order valence-electron chi connectivity index (χ1n) is 16.7. The largest absolute Gasteiger partial charge is 0.462 e. The molecule has 0 aromatic heterocycles. The molecule has 0 unspecified atom stereocenters. The van der Waals surface area contributed by atoms with E-state index in [1.54, 1.807) is 0 Å².